The summed E-state index contributed by atoms with van der Waals surface area (Å²) in [6.07, 6.45) is 2.63. The van der Waals surface area contributed by atoms with E-state index in [4.69, 9.17) is 44.8 Å². The molecule has 6 N–H and O–H groups in total. The number of nitrogens with two attached hydrogens (primary N) is 3. The summed E-state index contributed by atoms with van der Waals surface area (Å²) in [6, 6.07) is 16.0. The first kappa shape index (κ1) is 30.5. The number of anilines is 1. The Balaban J connectivity index is 1.62. The van der Waals surface area contributed by atoms with Crippen molar-refractivity contribution in [3.8, 4) is 11.1 Å². The zero-order chi connectivity index (χ0) is 29.9. The summed E-state index contributed by atoms with van der Waals surface area (Å²) in [4.78, 5) is 26.1. The van der Waals surface area contributed by atoms with Gasteiger partial charge in [0.1, 0.15) is 5.58 Å². The number of furan rings is 1. The molecule has 0 unspecified atom stereocenters. The quantitative estimate of drug-likeness (QED) is 0.157. The van der Waals surface area contributed by atoms with Crippen LogP contribution in [0.5, 0.6) is 0 Å². The Labute approximate surface area is 248 Å². The molecule has 1 aromatic heterocycles. The number of nitrogens with zero attached hydrogens (tertiary/aromatic N) is 1. The Bertz CT molecular complexity index is 1720. The van der Waals surface area contributed by atoms with E-state index in [-0.39, 0.29) is 28.6 Å². The van der Waals surface area contributed by atoms with E-state index >= 15 is 0 Å². The minimum Gasteiger partial charge on any atom is -0.450 e. The van der Waals surface area contributed by atoms with Crippen molar-refractivity contribution >= 4 is 61.6 Å². The van der Waals surface area contributed by atoms with Crippen LogP contribution in [-0.4, -0.2) is 43.3 Å². The molecule has 4 rings (SSSR count). The Hall–Kier alpha value is -3.41. The molecule has 0 aliphatic rings. The molecule has 0 saturated heterocycles. The van der Waals surface area contributed by atoms with Crippen molar-refractivity contribution in [2.45, 2.75) is 31.8 Å². The monoisotopic (exact) mass is 616 g/mol. The SMILES string of the molecule is CS(=O)(=O)N(Cc1cccc(-c2ccc3c(N)c(C(=O)c4ccc(Cl)cc4Cl)oc3c2)c1)C(=O)[C@H](N)CCCCN. The van der Waals surface area contributed by atoms with Crippen molar-refractivity contribution in [1.82, 2.24) is 4.31 Å². The topological polar surface area (TPSA) is 163 Å². The highest BCUT2D eigenvalue weighted by Crippen LogP contribution is 2.35. The third-order valence-corrected chi connectivity index (χ3v) is 8.29. The van der Waals surface area contributed by atoms with Crippen molar-refractivity contribution in [3.05, 3.63) is 87.6 Å². The molecule has 0 aliphatic heterocycles. The number of hydrogen-bond donors (Lipinski definition) is 3. The number of sulfonamides is 1. The number of fused-ring (bicyclic) bond motifs is 1. The van der Waals surface area contributed by atoms with Gasteiger partial charge in [0.05, 0.1) is 29.6 Å². The van der Waals surface area contributed by atoms with Gasteiger partial charge < -0.3 is 21.6 Å². The number of amides is 1. The van der Waals surface area contributed by atoms with Crippen LogP contribution in [0.25, 0.3) is 22.1 Å². The Morgan fingerprint density at radius 3 is 2.41 bits per heavy atom. The van der Waals surface area contributed by atoms with Gasteiger partial charge in [-0.3, -0.25) is 9.59 Å². The molecule has 41 heavy (non-hydrogen) atoms. The largest absolute Gasteiger partial charge is 0.450 e. The maximum atomic E-state index is 13.1. The van der Waals surface area contributed by atoms with Crippen LogP contribution < -0.4 is 17.2 Å². The fourth-order valence-corrected chi connectivity index (χ4v) is 5.79. The first-order valence-electron chi connectivity index (χ1n) is 12.8. The van der Waals surface area contributed by atoms with Gasteiger partial charge in [-0.2, -0.15) is 0 Å². The zero-order valence-corrected chi connectivity index (χ0v) is 24.6. The summed E-state index contributed by atoms with van der Waals surface area (Å²) in [5.74, 6) is -1.18. The molecule has 1 heterocycles. The molecule has 0 fully saturated rings. The van der Waals surface area contributed by atoms with Crippen molar-refractivity contribution in [2.75, 3.05) is 18.5 Å². The van der Waals surface area contributed by atoms with E-state index in [1.165, 1.54) is 12.1 Å². The van der Waals surface area contributed by atoms with Crippen LogP contribution in [0.3, 0.4) is 0 Å². The van der Waals surface area contributed by atoms with Crippen molar-refractivity contribution in [2.24, 2.45) is 11.5 Å². The smallest absolute Gasteiger partial charge is 0.253 e. The molecule has 0 saturated carbocycles. The number of ketones is 1. The second-order valence-corrected chi connectivity index (χ2v) is 12.5. The van der Waals surface area contributed by atoms with Crippen LogP contribution in [0.2, 0.25) is 10.0 Å². The van der Waals surface area contributed by atoms with Crippen LogP contribution >= 0.6 is 23.2 Å². The summed E-state index contributed by atoms with van der Waals surface area (Å²) >= 11 is 12.2. The zero-order valence-electron chi connectivity index (χ0n) is 22.3. The summed E-state index contributed by atoms with van der Waals surface area (Å²) in [7, 11) is -3.88. The lowest BCUT2D eigenvalue weighted by Crippen LogP contribution is -2.45. The van der Waals surface area contributed by atoms with Crippen molar-refractivity contribution in [3.63, 3.8) is 0 Å². The van der Waals surface area contributed by atoms with Crippen LogP contribution in [0.15, 0.2) is 65.1 Å². The molecule has 1 atom stereocenters. The number of hydrogen-bond acceptors (Lipinski definition) is 8. The second-order valence-electron chi connectivity index (χ2n) is 9.71. The number of nitrogen functional groups attached to an aromatic ring is 1. The highest BCUT2D eigenvalue weighted by atomic mass is 35.5. The number of halogens is 2. The Kier molecular flexibility index (Phi) is 9.41. The highest BCUT2D eigenvalue weighted by molar-refractivity contribution is 7.88. The van der Waals surface area contributed by atoms with E-state index in [2.05, 4.69) is 0 Å². The van der Waals surface area contributed by atoms with Gasteiger partial charge in [0.15, 0.2) is 5.76 Å². The number of carbonyl (C=O) groups is 2. The van der Waals surface area contributed by atoms with Gasteiger partial charge in [0.25, 0.3) is 5.91 Å². The molecule has 3 aromatic carbocycles. The van der Waals surface area contributed by atoms with Crippen LogP contribution in [0.1, 0.15) is 40.9 Å². The fourth-order valence-electron chi connectivity index (χ4n) is 4.45. The predicted octanol–water partition coefficient (Wildman–Crippen LogP) is 4.96. The summed E-state index contributed by atoms with van der Waals surface area (Å²) in [6.45, 7) is 0.292. The summed E-state index contributed by atoms with van der Waals surface area (Å²) in [5, 5.41) is 1.12. The van der Waals surface area contributed by atoms with E-state index in [0.29, 0.717) is 47.4 Å². The number of rotatable bonds is 11. The maximum Gasteiger partial charge on any atom is 0.253 e. The van der Waals surface area contributed by atoms with E-state index < -0.39 is 27.8 Å². The van der Waals surface area contributed by atoms with E-state index in [1.54, 1.807) is 36.4 Å². The van der Waals surface area contributed by atoms with Crippen LogP contribution in [-0.2, 0) is 21.4 Å². The first-order valence-corrected chi connectivity index (χ1v) is 15.4. The molecule has 9 nitrogen and oxygen atoms in total. The number of unbranched alkanes of at least 4 members (excludes halogenated alkanes) is 1. The van der Waals surface area contributed by atoms with Crippen LogP contribution in [0, 0.1) is 0 Å². The molecule has 216 valence electrons. The van der Waals surface area contributed by atoms with Gasteiger partial charge in [0.2, 0.25) is 15.8 Å². The lowest BCUT2D eigenvalue weighted by atomic mass is 10.0. The molecule has 4 aromatic rings. The maximum absolute atomic E-state index is 13.1. The predicted molar refractivity (Wildman–Crippen MR) is 162 cm³/mol. The molecule has 1 amide bonds. The van der Waals surface area contributed by atoms with Crippen molar-refractivity contribution < 1.29 is 22.4 Å². The first-order chi connectivity index (χ1) is 19.4. The van der Waals surface area contributed by atoms with Gasteiger partial charge in [-0.05, 0) is 72.5 Å². The number of benzene rings is 3. The van der Waals surface area contributed by atoms with E-state index in [0.717, 1.165) is 21.7 Å². The van der Waals surface area contributed by atoms with E-state index in [9.17, 15) is 18.0 Å². The molecule has 12 heteroatoms. The molecular weight excluding hydrogens is 587 g/mol. The third kappa shape index (κ3) is 6.91. The lowest BCUT2D eigenvalue weighted by molar-refractivity contribution is -0.128. The number of carbonyl (C=O) groups excluding carboxylic acids is 2. The molecule has 0 bridgehead atoms. The van der Waals surface area contributed by atoms with Crippen molar-refractivity contribution in [1.29, 1.82) is 0 Å². The highest BCUT2D eigenvalue weighted by Gasteiger charge is 2.28. The summed E-state index contributed by atoms with van der Waals surface area (Å²) in [5.41, 5.74) is 20.6. The molecule has 0 radical (unpaired) electrons. The lowest BCUT2D eigenvalue weighted by Gasteiger charge is -2.24. The fraction of sp³-hybridized carbons (Fsp3) is 0.241. The van der Waals surface area contributed by atoms with E-state index in [1.807, 2.05) is 12.1 Å². The van der Waals surface area contributed by atoms with Gasteiger partial charge in [-0.15, -0.1) is 0 Å². The molecule has 0 aliphatic carbocycles. The molecule has 0 spiro atoms. The molecular formula is C29H30Cl2N4O5S. The van der Waals surface area contributed by atoms with Gasteiger partial charge in [0, 0.05) is 16.0 Å². The summed E-state index contributed by atoms with van der Waals surface area (Å²) < 4.78 is 31.7. The normalized spacial score (nSPS) is 12.4. The van der Waals surface area contributed by atoms with Crippen LogP contribution in [0.4, 0.5) is 5.69 Å². The van der Waals surface area contributed by atoms with Gasteiger partial charge in [-0.1, -0.05) is 53.9 Å². The average Bonchev–Trinajstić information content (AvgIpc) is 3.26. The standard InChI is InChI=1S/C29H30Cl2N4O5S/c1-41(38,39)35(29(37)24(33)7-2-3-12-32)16-17-5-4-6-18(13-17)19-8-10-22-25(14-19)40-28(26(22)34)27(36)21-11-9-20(30)15-23(21)31/h4-6,8-11,13-15,24H,2-3,7,12,16,32-34H2,1H3/t24-/m1/s1. The third-order valence-electron chi connectivity index (χ3n) is 6.63. The average molecular weight is 618 g/mol. The minimum atomic E-state index is -3.88. The second kappa shape index (κ2) is 12.6. The minimum absolute atomic E-state index is 0.0415. The van der Waals surface area contributed by atoms with Gasteiger partial charge >= 0.3 is 0 Å². The Morgan fingerprint density at radius 1 is 1.00 bits per heavy atom. The Morgan fingerprint density at radius 2 is 1.73 bits per heavy atom. The van der Waals surface area contributed by atoms with Gasteiger partial charge in [-0.25, -0.2) is 12.7 Å².